The maximum atomic E-state index is 12.0. The maximum absolute atomic E-state index is 12.0. The van der Waals surface area contributed by atoms with Gasteiger partial charge in [-0.3, -0.25) is 4.79 Å². The number of rotatable bonds is 5. The van der Waals surface area contributed by atoms with E-state index in [1.807, 2.05) is 41.1 Å². The number of nitrogens with one attached hydrogen (secondary N) is 1. The SMILES string of the molecule is CCc1cccc(NC(=O)Cc2nnc(-c3ccsc3)o2)c1. The van der Waals surface area contributed by atoms with Gasteiger partial charge in [0.1, 0.15) is 6.42 Å². The number of anilines is 1. The first-order chi connectivity index (χ1) is 10.7. The van der Waals surface area contributed by atoms with Gasteiger partial charge in [0.2, 0.25) is 17.7 Å². The first kappa shape index (κ1) is 14.5. The Hall–Kier alpha value is -2.47. The predicted octanol–water partition coefficient (Wildman–Crippen LogP) is 3.54. The van der Waals surface area contributed by atoms with Crippen LogP contribution in [0.1, 0.15) is 18.4 Å². The summed E-state index contributed by atoms with van der Waals surface area (Å²) in [5.74, 6) is 0.580. The number of aromatic nitrogens is 2. The third kappa shape index (κ3) is 3.40. The topological polar surface area (TPSA) is 68.0 Å². The van der Waals surface area contributed by atoms with Gasteiger partial charge in [-0.15, -0.1) is 10.2 Å². The van der Waals surface area contributed by atoms with Gasteiger partial charge in [0.05, 0.1) is 0 Å². The molecule has 0 spiro atoms. The lowest BCUT2D eigenvalue weighted by Crippen LogP contribution is -2.14. The molecule has 0 atom stereocenters. The van der Waals surface area contributed by atoms with Crippen LogP contribution in [0.4, 0.5) is 5.69 Å². The molecule has 0 radical (unpaired) electrons. The zero-order chi connectivity index (χ0) is 15.4. The minimum absolute atomic E-state index is 0.0630. The number of aryl methyl sites for hydroxylation is 1. The van der Waals surface area contributed by atoms with Gasteiger partial charge in [-0.1, -0.05) is 19.1 Å². The standard InChI is InChI=1S/C16H15N3O2S/c1-2-11-4-3-5-13(8-11)17-14(20)9-15-18-19-16(21-15)12-6-7-22-10-12/h3-8,10H,2,9H2,1H3,(H,17,20). The van der Waals surface area contributed by atoms with Crippen LogP contribution in [0.3, 0.4) is 0 Å². The van der Waals surface area contributed by atoms with Crippen LogP contribution in [-0.4, -0.2) is 16.1 Å². The molecule has 0 unspecified atom stereocenters. The molecular weight excluding hydrogens is 298 g/mol. The molecule has 0 aliphatic heterocycles. The van der Waals surface area contributed by atoms with Gasteiger partial charge in [0, 0.05) is 16.6 Å². The van der Waals surface area contributed by atoms with Gasteiger partial charge >= 0.3 is 0 Å². The number of benzene rings is 1. The maximum Gasteiger partial charge on any atom is 0.248 e. The lowest BCUT2D eigenvalue weighted by molar-refractivity contribution is -0.115. The number of thiophene rings is 1. The predicted molar refractivity (Wildman–Crippen MR) is 85.8 cm³/mol. The van der Waals surface area contributed by atoms with E-state index in [-0.39, 0.29) is 12.3 Å². The molecule has 0 aliphatic rings. The van der Waals surface area contributed by atoms with Crippen molar-refractivity contribution in [3.63, 3.8) is 0 Å². The Morgan fingerprint density at radius 2 is 2.23 bits per heavy atom. The molecule has 0 bridgehead atoms. The first-order valence-corrected chi connectivity index (χ1v) is 7.92. The van der Waals surface area contributed by atoms with Crippen LogP contribution in [0.2, 0.25) is 0 Å². The third-order valence-corrected chi connectivity index (χ3v) is 3.85. The molecule has 3 rings (SSSR count). The fraction of sp³-hybridized carbons (Fsp3) is 0.188. The summed E-state index contributed by atoms with van der Waals surface area (Å²) in [7, 11) is 0. The van der Waals surface area contributed by atoms with Crippen molar-refractivity contribution in [3.8, 4) is 11.5 Å². The zero-order valence-corrected chi connectivity index (χ0v) is 12.9. The fourth-order valence-corrected chi connectivity index (χ4v) is 2.67. The van der Waals surface area contributed by atoms with Crippen LogP contribution < -0.4 is 5.32 Å². The Kier molecular flexibility index (Phi) is 4.29. The van der Waals surface area contributed by atoms with Crippen molar-refractivity contribution in [3.05, 3.63) is 52.5 Å². The lowest BCUT2D eigenvalue weighted by Gasteiger charge is -2.05. The molecule has 0 saturated carbocycles. The van der Waals surface area contributed by atoms with E-state index in [2.05, 4.69) is 22.4 Å². The molecule has 1 aromatic carbocycles. The van der Waals surface area contributed by atoms with Crippen LogP contribution in [0.25, 0.3) is 11.5 Å². The van der Waals surface area contributed by atoms with E-state index in [0.29, 0.717) is 11.8 Å². The monoisotopic (exact) mass is 313 g/mol. The normalized spacial score (nSPS) is 10.6. The fourth-order valence-electron chi connectivity index (χ4n) is 2.04. The largest absolute Gasteiger partial charge is 0.420 e. The Morgan fingerprint density at radius 1 is 1.32 bits per heavy atom. The second-order valence-electron chi connectivity index (χ2n) is 4.79. The molecule has 6 heteroatoms. The van der Waals surface area contributed by atoms with Crippen LogP contribution in [0.15, 0.2) is 45.5 Å². The second kappa shape index (κ2) is 6.53. The van der Waals surface area contributed by atoms with Crippen molar-refractivity contribution >= 4 is 22.9 Å². The van der Waals surface area contributed by atoms with Crippen LogP contribution >= 0.6 is 11.3 Å². The van der Waals surface area contributed by atoms with E-state index < -0.39 is 0 Å². The highest BCUT2D eigenvalue weighted by molar-refractivity contribution is 7.08. The molecule has 0 saturated heterocycles. The van der Waals surface area contributed by atoms with Crippen molar-refractivity contribution in [2.24, 2.45) is 0 Å². The second-order valence-corrected chi connectivity index (χ2v) is 5.57. The summed E-state index contributed by atoms with van der Waals surface area (Å²) in [5.41, 5.74) is 2.83. The van der Waals surface area contributed by atoms with Crippen molar-refractivity contribution in [2.75, 3.05) is 5.32 Å². The molecule has 3 aromatic rings. The van der Waals surface area contributed by atoms with E-state index in [1.54, 1.807) is 11.3 Å². The molecule has 112 valence electrons. The van der Waals surface area contributed by atoms with E-state index >= 15 is 0 Å². The van der Waals surface area contributed by atoms with E-state index in [1.165, 1.54) is 5.56 Å². The highest BCUT2D eigenvalue weighted by atomic mass is 32.1. The van der Waals surface area contributed by atoms with Crippen molar-refractivity contribution in [1.82, 2.24) is 10.2 Å². The average molecular weight is 313 g/mol. The molecule has 1 N–H and O–H groups in total. The molecule has 1 amide bonds. The molecule has 5 nitrogen and oxygen atoms in total. The zero-order valence-electron chi connectivity index (χ0n) is 12.1. The average Bonchev–Trinajstić information content (AvgIpc) is 3.18. The van der Waals surface area contributed by atoms with Gasteiger partial charge in [-0.05, 0) is 35.6 Å². The smallest absolute Gasteiger partial charge is 0.248 e. The summed E-state index contributed by atoms with van der Waals surface area (Å²) >= 11 is 1.56. The van der Waals surface area contributed by atoms with Crippen LogP contribution in [0, 0.1) is 0 Å². The molecule has 0 aliphatic carbocycles. The summed E-state index contributed by atoms with van der Waals surface area (Å²) in [6, 6.07) is 9.68. The number of nitrogens with zero attached hydrogens (tertiary/aromatic N) is 2. The quantitative estimate of drug-likeness (QED) is 0.782. The Labute approximate surface area is 132 Å². The summed E-state index contributed by atoms with van der Waals surface area (Å²) in [5, 5.41) is 14.6. The highest BCUT2D eigenvalue weighted by Gasteiger charge is 2.12. The molecule has 2 aromatic heterocycles. The van der Waals surface area contributed by atoms with Gasteiger partial charge in [0.25, 0.3) is 0 Å². The van der Waals surface area contributed by atoms with Crippen molar-refractivity contribution in [1.29, 1.82) is 0 Å². The van der Waals surface area contributed by atoms with Crippen molar-refractivity contribution < 1.29 is 9.21 Å². The van der Waals surface area contributed by atoms with Crippen LogP contribution in [0.5, 0.6) is 0 Å². The Bertz CT molecular complexity index is 765. The summed E-state index contributed by atoms with van der Waals surface area (Å²) < 4.78 is 5.50. The minimum atomic E-state index is -0.172. The number of carbonyl (C=O) groups is 1. The summed E-state index contributed by atoms with van der Waals surface area (Å²) in [4.78, 5) is 12.0. The van der Waals surface area contributed by atoms with E-state index in [9.17, 15) is 4.79 Å². The Balaban J connectivity index is 1.64. The van der Waals surface area contributed by atoms with E-state index in [4.69, 9.17) is 4.42 Å². The van der Waals surface area contributed by atoms with Gasteiger partial charge in [0.15, 0.2) is 0 Å². The Morgan fingerprint density at radius 3 is 3.00 bits per heavy atom. The molecule has 0 fully saturated rings. The number of amides is 1. The molecular formula is C16H15N3O2S. The lowest BCUT2D eigenvalue weighted by atomic mass is 10.1. The minimum Gasteiger partial charge on any atom is -0.420 e. The molecule has 22 heavy (non-hydrogen) atoms. The number of hydrogen-bond acceptors (Lipinski definition) is 5. The van der Waals surface area contributed by atoms with Crippen molar-refractivity contribution in [2.45, 2.75) is 19.8 Å². The van der Waals surface area contributed by atoms with E-state index in [0.717, 1.165) is 17.7 Å². The number of carbonyl (C=O) groups excluding carboxylic acids is 1. The van der Waals surface area contributed by atoms with Gasteiger partial charge in [-0.25, -0.2) is 0 Å². The highest BCUT2D eigenvalue weighted by Crippen LogP contribution is 2.20. The first-order valence-electron chi connectivity index (χ1n) is 6.98. The molecule has 2 heterocycles. The summed E-state index contributed by atoms with van der Waals surface area (Å²) in [6.45, 7) is 2.07. The van der Waals surface area contributed by atoms with Gasteiger partial charge in [-0.2, -0.15) is 11.3 Å². The van der Waals surface area contributed by atoms with Gasteiger partial charge < -0.3 is 9.73 Å². The van der Waals surface area contributed by atoms with Crippen LogP contribution in [-0.2, 0) is 17.6 Å². The number of hydrogen-bond donors (Lipinski definition) is 1. The summed E-state index contributed by atoms with van der Waals surface area (Å²) in [6.07, 6.45) is 0.991. The third-order valence-electron chi connectivity index (χ3n) is 3.17.